The van der Waals surface area contributed by atoms with Gasteiger partial charge in [-0.05, 0) is 32.1 Å². The Labute approximate surface area is 132 Å². The average Bonchev–Trinajstić information content (AvgIpc) is 3.18. The zero-order valence-corrected chi connectivity index (χ0v) is 13.4. The molecule has 2 amide bonds. The predicted octanol–water partition coefficient (Wildman–Crippen LogP) is -0.120. The molecule has 1 saturated carbocycles. The summed E-state index contributed by atoms with van der Waals surface area (Å²) in [5.41, 5.74) is 5.91. The molecule has 2 heterocycles. The third-order valence-corrected chi connectivity index (χ3v) is 5.32. The predicted molar refractivity (Wildman–Crippen MR) is 84.2 cm³/mol. The van der Waals surface area contributed by atoms with Crippen molar-refractivity contribution in [1.29, 1.82) is 0 Å². The molecule has 6 nitrogen and oxygen atoms in total. The van der Waals surface area contributed by atoms with Crippen molar-refractivity contribution in [3.63, 3.8) is 0 Å². The highest BCUT2D eigenvalue weighted by molar-refractivity contribution is 5.80. The molecule has 2 N–H and O–H groups in total. The monoisotopic (exact) mass is 308 g/mol. The Morgan fingerprint density at radius 1 is 0.909 bits per heavy atom. The van der Waals surface area contributed by atoms with E-state index in [-0.39, 0.29) is 23.8 Å². The number of carbonyl (C=O) groups excluding carboxylic acids is 2. The van der Waals surface area contributed by atoms with E-state index in [1.54, 1.807) is 0 Å². The first kappa shape index (κ1) is 15.7. The summed E-state index contributed by atoms with van der Waals surface area (Å²) in [6, 6.07) is 0.202. The molecular formula is C16H28N4O2. The lowest BCUT2D eigenvalue weighted by Gasteiger charge is -2.36. The van der Waals surface area contributed by atoms with Crippen molar-refractivity contribution in [2.24, 2.45) is 11.7 Å². The van der Waals surface area contributed by atoms with Gasteiger partial charge in [-0.25, -0.2) is 0 Å². The Morgan fingerprint density at radius 3 is 2.18 bits per heavy atom. The van der Waals surface area contributed by atoms with Crippen LogP contribution in [0.3, 0.4) is 0 Å². The minimum Gasteiger partial charge on any atom is -0.342 e. The maximum absolute atomic E-state index is 12.5. The summed E-state index contributed by atoms with van der Waals surface area (Å²) in [4.78, 5) is 30.8. The molecule has 2 aliphatic heterocycles. The number of rotatable bonds is 3. The zero-order valence-electron chi connectivity index (χ0n) is 13.4. The maximum Gasteiger partial charge on any atom is 0.236 e. The zero-order chi connectivity index (χ0) is 15.5. The van der Waals surface area contributed by atoms with Gasteiger partial charge < -0.3 is 15.5 Å². The van der Waals surface area contributed by atoms with Crippen LogP contribution in [0.2, 0.25) is 0 Å². The largest absolute Gasteiger partial charge is 0.342 e. The molecular weight excluding hydrogens is 280 g/mol. The Kier molecular flexibility index (Phi) is 4.98. The molecule has 2 atom stereocenters. The number of piperazine rings is 1. The first-order valence-corrected chi connectivity index (χ1v) is 8.68. The number of nitrogens with zero attached hydrogens (tertiary/aromatic N) is 3. The molecule has 0 bridgehead atoms. The molecule has 3 rings (SSSR count). The molecule has 6 heteroatoms. The number of nitrogens with two attached hydrogens (primary N) is 1. The third kappa shape index (κ3) is 3.60. The molecule has 3 aliphatic rings. The molecule has 2 saturated heterocycles. The van der Waals surface area contributed by atoms with Crippen LogP contribution in [-0.4, -0.2) is 78.4 Å². The van der Waals surface area contributed by atoms with E-state index in [0.29, 0.717) is 6.54 Å². The molecule has 0 aromatic rings. The molecule has 0 aromatic heterocycles. The fourth-order valence-electron chi connectivity index (χ4n) is 3.88. The van der Waals surface area contributed by atoms with Gasteiger partial charge in [-0.15, -0.1) is 0 Å². The highest BCUT2D eigenvalue weighted by Crippen LogP contribution is 2.26. The van der Waals surface area contributed by atoms with Crippen molar-refractivity contribution >= 4 is 11.8 Å². The normalized spacial score (nSPS) is 30.0. The van der Waals surface area contributed by atoms with Gasteiger partial charge in [0.25, 0.3) is 0 Å². The topological polar surface area (TPSA) is 69.9 Å². The van der Waals surface area contributed by atoms with Crippen molar-refractivity contribution < 1.29 is 9.59 Å². The molecule has 3 fully saturated rings. The summed E-state index contributed by atoms with van der Waals surface area (Å²) in [7, 11) is 0. The quantitative estimate of drug-likeness (QED) is 0.789. The summed E-state index contributed by atoms with van der Waals surface area (Å²) in [5.74, 6) is 0.658. The lowest BCUT2D eigenvalue weighted by molar-refractivity contribution is -0.138. The van der Waals surface area contributed by atoms with Gasteiger partial charge in [0.2, 0.25) is 11.8 Å². The molecule has 1 aliphatic carbocycles. The van der Waals surface area contributed by atoms with Crippen molar-refractivity contribution in [3.05, 3.63) is 0 Å². The van der Waals surface area contributed by atoms with E-state index in [1.807, 2.05) is 9.80 Å². The van der Waals surface area contributed by atoms with Crippen LogP contribution in [0.4, 0.5) is 0 Å². The maximum atomic E-state index is 12.5. The highest BCUT2D eigenvalue weighted by atomic mass is 16.2. The van der Waals surface area contributed by atoms with Crippen molar-refractivity contribution in [2.45, 2.75) is 38.1 Å². The Morgan fingerprint density at radius 2 is 1.59 bits per heavy atom. The van der Waals surface area contributed by atoms with E-state index < -0.39 is 0 Å². The van der Waals surface area contributed by atoms with E-state index in [4.69, 9.17) is 5.73 Å². The van der Waals surface area contributed by atoms with E-state index >= 15 is 0 Å². The van der Waals surface area contributed by atoms with E-state index in [2.05, 4.69) is 4.90 Å². The fraction of sp³-hybridized carbons (Fsp3) is 0.875. The summed E-state index contributed by atoms with van der Waals surface area (Å²) < 4.78 is 0. The second-order valence-electron chi connectivity index (χ2n) is 6.96. The average molecular weight is 308 g/mol. The SMILES string of the molecule is NC1CCC(C(=O)N2CCN(CC(=O)N3CCCC3)CC2)C1. The fourth-order valence-corrected chi connectivity index (χ4v) is 3.88. The lowest BCUT2D eigenvalue weighted by Crippen LogP contribution is -2.52. The highest BCUT2D eigenvalue weighted by Gasteiger charge is 2.32. The van der Waals surface area contributed by atoms with Crippen LogP contribution in [0.1, 0.15) is 32.1 Å². The standard InChI is InChI=1S/C16H28N4O2/c17-14-4-3-13(11-14)16(22)20-9-7-18(8-10-20)12-15(21)19-5-1-2-6-19/h13-14H,1-12,17H2. The second-order valence-corrected chi connectivity index (χ2v) is 6.96. The van der Waals surface area contributed by atoms with Crippen LogP contribution >= 0.6 is 0 Å². The molecule has 0 aromatic carbocycles. The number of likely N-dealkylation sites (tertiary alicyclic amines) is 1. The van der Waals surface area contributed by atoms with Crippen LogP contribution in [0, 0.1) is 5.92 Å². The minimum atomic E-state index is 0.132. The van der Waals surface area contributed by atoms with Crippen molar-refractivity contribution in [3.8, 4) is 0 Å². The number of hydrogen-bond acceptors (Lipinski definition) is 4. The van der Waals surface area contributed by atoms with Crippen LogP contribution in [-0.2, 0) is 9.59 Å². The molecule has 2 unspecified atom stereocenters. The Hall–Kier alpha value is -1.14. The second kappa shape index (κ2) is 6.96. The van der Waals surface area contributed by atoms with Gasteiger partial charge in [-0.1, -0.05) is 0 Å². The van der Waals surface area contributed by atoms with Gasteiger partial charge in [0.05, 0.1) is 6.54 Å². The first-order valence-electron chi connectivity index (χ1n) is 8.68. The number of hydrogen-bond donors (Lipinski definition) is 1. The van der Waals surface area contributed by atoms with Gasteiger partial charge >= 0.3 is 0 Å². The van der Waals surface area contributed by atoms with Crippen LogP contribution in [0.5, 0.6) is 0 Å². The van der Waals surface area contributed by atoms with Gasteiger partial charge in [-0.3, -0.25) is 14.5 Å². The van der Waals surface area contributed by atoms with E-state index in [9.17, 15) is 9.59 Å². The summed E-state index contributed by atoms with van der Waals surface area (Å²) in [5, 5.41) is 0. The minimum absolute atomic E-state index is 0.132. The van der Waals surface area contributed by atoms with Crippen LogP contribution in [0.25, 0.3) is 0 Å². The summed E-state index contributed by atoms with van der Waals surface area (Å²) in [6.07, 6.45) is 5.02. The summed E-state index contributed by atoms with van der Waals surface area (Å²) >= 11 is 0. The Bertz CT molecular complexity index is 414. The van der Waals surface area contributed by atoms with Crippen LogP contribution < -0.4 is 5.73 Å². The summed E-state index contributed by atoms with van der Waals surface area (Å²) in [6.45, 7) is 5.46. The Balaban J connectivity index is 1.42. The smallest absolute Gasteiger partial charge is 0.236 e. The number of carbonyl (C=O) groups is 2. The molecule has 124 valence electrons. The van der Waals surface area contributed by atoms with Gasteiger partial charge in [0, 0.05) is 51.2 Å². The van der Waals surface area contributed by atoms with E-state index in [0.717, 1.165) is 71.4 Å². The lowest BCUT2D eigenvalue weighted by atomic mass is 10.1. The van der Waals surface area contributed by atoms with Crippen molar-refractivity contribution in [2.75, 3.05) is 45.8 Å². The van der Waals surface area contributed by atoms with Gasteiger partial charge in [0.1, 0.15) is 0 Å². The van der Waals surface area contributed by atoms with Gasteiger partial charge in [0.15, 0.2) is 0 Å². The molecule has 22 heavy (non-hydrogen) atoms. The molecule has 0 spiro atoms. The van der Waals surface area contributed by atoms with E-state index in [1.165, 1.54) is 0 Å². The van der Waals surface area contributed by atoms with Gasteiger partial charge in [-0.2, -0.15) is 0 Å². The van der Waals surface area contributed by atoms with Crippen molar-refractivity contribution in [1.82, 2.24) is 14.7 Å². The number of amides is 2. The first-order chi connectivity index (χ1) is 10.6. The van der Waals surface area contributed by atoms with Crippen LogP contribution in [0.15, 0.2) is 0 Å². The molecule has 0 radical (unpaired) electrons. The third-order valence-electron chi connectivity index (χ3n) is 5.32.